The Labute approximate surface area is 101 Å². The first kappa shape index (κ1) is 13.1. The molecule has 0 saturated heterocycles. The Morgan fingerprint density at radius 3 is 2.38 bits per heavy atom. The Hall–Kier alpha value is -0.970. The first-order valence-corrected chi connectivity index (χ1v) is 6.35. The maximum atomic E-state index is 11.9. The second-order valence-electron chi connectivity index (χ2n) is 4.91. The maximum absolute atomic E-state index is 11.9. The molecule has 5 heteroatoms. The molecule has 1 amide bonds. The molecule has 90 valence electrons. The van der Waals surface area contributed by atoms with Gasteiger partial charge in [-0.3, -0.25) is 0 Å². The van der Waals surface area contributed by atoms with Crippen LogP contribution in [0.25, 0.3) is 0 Å². The van der Waals surface area contributed by atoms with Crippen molar-refractivity contribution in [3.8, 4) is 0 Å². The number of rotatable bonds is 1. The van der Waals surface area contributed by atoms with Crippen molar-refractivity contribution in [2.75, 3.05) is 20.4 Å². The van der Waals surface area contributed by atoms with Crippen molar-refractivity contribution in [1.82, 2.24) is 14.5 Å². The lowest BCUT2D eigenvalue weighted by molar-refractivity contribution is 0.217. The highest BCUT2D eigenvalue weighted by atomic mass is 32.2. The maximum Gasteiger partial charge on any atom is 0.329 e. The van der Waals surface area contributed by atoms with Crippen LogP contribution in [0.1, 0.15) is 26.5 Å². The fourth-order valence-corrected chi connectivity index (χ4v) is 1.74. The minimum absolute atomic E-state index is 0.0394. The molecular weight excluding hydrogens is 222 g/mol. The molecule has 0 aliphatic heterocycles. The molecule has 1 aromatic heterocycles. The largest absolute Gasteiger partial charge is 0.330 e. The predicted molar refractivity (Wildman–Crippen MR) is 67.2 cm³/mol. The average molecular weight is 241 g/mol. The topological polar surface area (TPSA) is 38.1 Å². The molecule has 16 heavy (non-hydrogen) atoms. The van der Waals surface area contributed by atoms with Crippen LogP contribution in [0.2, 0.25) is 0 Å². The van der Waals surface area contributed by atoms with Crippen LogP contribution in [0.4, 0.5) is 4.79 Å². The summed E-state index contributed by atoms with van der Waals surface area (Å²) in [6, 6.07) is -0.0626. The number of nitrogens with zero attached hydrogens (tertiary/aromatic N) is 3. The summed E-state index contributed by atoms with van der Waals surface area (Å²) in [5.41, 5.74) is 0.898. The van der Waals surface area contributed by atoms with Crippen LogP contribution in [0.5, 0.6) is 0 Å². The van der Waals surface area contributed by atoms with Crippen LogP contribution in [-0.2, 0) is 5.41 Å². The number of amides is 1. The van der Waals surface area contributed by atoms with E-state index in [0.717, 1.165) is 10.9 Å². The second kappa shape index (κ2) is 4.49. The van der Waals surface area contributed by atoms with E-state index < -0.39 is 0 Å². The van der Waals surface area contributed by atoms with Gasteiger partial charge in [0.15, 0.2) is 5.16 Å². The van der Waals surface area contributed by atoms with E-state index in [0.29, 0.717) is 0 Å². The third-order valence-electron chi connectivity index (χ3n) is 2.21. The summed E-state index contributed by atoms with van der Waals surface area (Å²) in [5, 5.41) is 0.739. The van der Waals surface area contributed by atoms with E-state index in [1.807, 2.05) is 12.5 Å². The fourth-order valence-electron chi connectivity index (χ4n) is 1.22. The summed E-state index contributed by atoms with van der Waals surface area (Å²) in [7, 11) is 3.48. The van der Waals surface area contributed by atoms with Gasteiger partial charge < -0.3 is 4.90 Å². The monoisotopic (exact) mass is 241 g/mol. The zero-order valence-corrected chi connectivity index (χ0v) is 11.6. The molecule has 4 nitrogen and oxygen atoms in total. The molecular formula is C11H19N3OS. The second-order valence-corrected chi connectivity index (χ2v) is 5.68. The molecule has 0 aromatic carbocycles. The molecule has 0 fully saturated rings. The SMILES string of the molecule is CSc1nc(C(C)(C)C)cn1C(=O)N(C)C. The van der Waals surface area contributed by atoms with Gasteiger partial charge in [-0.05, 0) is 6.26 Å². The molecule has 0 saturated carbocycles. The minimum atomic E-state index is -0.0626. The van der Waals surface area contributed by atoms with Gasteiger partial charge in [-0.25, -0.2) is 14.3 Å². The van der Waals surface area contributed by atoms with Gasteiger partial charge in [0.2, 0.25) is 0 Å². The van der Waals surface area contributed by atoms with Crippen LogP contribution < -0.4 is 0 Å². The van der Waals surface area contributed by atoms with Crippen LogP contribution >= 0.6 is 11.8 Å². The van der Waals surface area contributed by atoms with Gasteiger partial charge in [0.25, 0.3) is 0 Å². The van der Waals surface area contributed by atoms with Gasteiger partial charge >= 0.3 is 6.03 Å². The zero-order chi connectivity index (χ0) is 12.5. The van der Waals surface area contributed by atoms with E-state index in [2.05, 4.69) is 25.8 Å². The fraction of sp³-hybridized carbons (Fsp3) is 0.636. The molecule has 0 unspecified atom stereocenters. The van der Waals surface area contributed by atoms with Crippen LogP contribution in [0.15, 0.2) is 11.4 Å². The average Bonchev–Trinajstić information content (AvgIpc) is 2.59. The van der Waals surface area contributed by atoms with E-state index in [-0.39, 0.29) is 11.4 Å². The molecule has 0 bridgehead atoms. The zero-order valence-electron chi connectivity index (χ0n) is 10.7. The minimum Gasteiger partial charge on any atom is -0.330 e. The highest BCUT2D eigenvalue weighted by Gasteiger charge is 2.22. The summed E-state index contributed by atoms with van der Waals surface area (Å²) in [6.45, 7) is 6.26. The van der Waals surface area contributed by atoms with Crippen LogP contribution in [0, 0.1) is 0 Å². The van der Waals surface area contributed by atoms with Gasteiger partial charge in [-0.15, -0.1) is 0 Å². The lowest BCUT2D eigenvalue weighted by Gasteiger charge is -2.14. The van der Waals surface area contributed by atoms with Crippen molar-refractivity contribution in [1.29, 1.82) is 0 Å². The van der Waals surface area contributed by atoms with Gasteiger partial charge in [-0.2, -0.15) is 0 Å². The number of hydrogen-bond acceptors (Lipinski definition) is 3. The predicted octanol–water partition coefficient (Wildman–Crippen LogP) is 2.43. The van der Waals surface area contributed by atoms with E-state index in [4.69, 9.17) is 0 Å². The summed E-state index contributed by atoms with van der Waals surface area (Å²) in [4.78, 5) is 17.9. The Morgan fingerprint density at radius 2 is 2.00 bits per heavy atom. The molecule has 0 aliphatic carbocycles. The van der Waals surface area contributed by atoms with Gasteiger partial charge in [0.1, 0.15) is 0 Å². The van der Waals surface area contributed by atoms with Crippen molar-refractivity contribution in [2.24, 2.45) is 0 Å². The van der Waals surface area contributed by atoms with Gasteiger partial charge in [-0.1, -0.05) is 32.5 Å². The highest BCUT2D eigenvalue weighted by Crippen LogP contribution is 2.24. The number of carbonyl (C=O) groups excluding carboxylic acids is 1. The summed E-state index contributed by atoms with van der Waals surface area (Å²) in [5.74, 6) is 0. The lowest BCUT2D eigenvalue weighted by atomic mass is 9.93. The van der Waals surface area contributed by atoms with E-state index in [1.54, 1.807) is 23.6 Å². The third-order valence-corrected chi connectivity index (χ3v) is 2.87. The first-order chi connectivity index (χ1) is 7.27. The van der Waals surface area contributed by atoms with Crippen molar-refractivity contribution < 1.29 is 4.79 Å². The number of aromatic nitrogens is 2. The molecule has 1 heterocycles. The van der Waals surface area contributed by atoms with Gasteiger partial charge in [0, 0.05) is 25.7 Å². The van der Waals surface area contributed by atoms with Gasteiger partial charge in [0.05, 0.1) is 5.69 Å². The van der Waals surface area contributed by atoms with Crippen LogP contribution in [0.3, 0.4) is 0 Å². The molecule has 0 N–H and O–H groups in total. The van der Waals surface area contributed by atoms with Crippen molar-refractivity contribution in [3.63, 3.8) is 0 Å². The smallest absolute Gasteiger partial charge is 0.329 e. The third kappa shape index (κ3) is 2.58. The standard InChI is InChI=1S/C11H19N3OS/c1-11(2,3)8-7-14(9(12-8)16-6)10(15)13(4)5/h7H,1-6H3. The van der Waals surface area contributed by atoms with E-state index in [1.165, 1.54) is 11.8 Å². The van der Waals surface area contributed by atoms with Crippen molar-refractivity contribution in [3.05, 3.63) is 11.9 Å². The quantitative estimate of drug-likeness (QED) is 0.709. The Morgan fingerprint density at radius 1 is 1.44 bits per heavy atom. The normalized spacial score (nSPS) is 11.6. The van der Waals surface area contributed by atoms with Crippen molar-refractivity contribution >= 4 is 17.8 Å². The Balaban J connectivity index is 3.19. The highest BCUT2D eigenvalue weighted by molar-refractivity contribution is 7.98. The molecule has 0 atom stereocenters. The molecule has 0 radical (unpaired) electrons. The Bertz CT molecular complexity index is 390. The van der Waals surface area contributed by atoms with E-state index in [9.17, 15) is 4.79 Å². The Kier molecular flexibility index (Phi) is 3.68. The summed E-state index contributed by atoms with van der Waals surface area (Å²) >= 11 is 1.48. The number of thioether (sulfide) groups is 1. The summed E-state index contributed by atoms with van der Waals surface area (Å²) < 4.78 is 1.60. The first-order valence-electron chi connectivity index (χ1n) is 5.13. The van der Waals surface area contributed by atoms with E-state index >= 15 is 0 Å². The number of imidazole rings is 1. The lowest BCUT2D eigenvalue weighted by Crippen LogP contribution is -2.27. The van der Waals surface area contributed by atoms with Crippen LogP contribution in [-0.4, -0.2) is 40.8 Å². The number of carbonyl (C=O) groups is 1. The molecule has 1 rings (SSSR count). The summed E-state index contributed by atoms with van der Waals surface area (Å²) in [6.07, 6.45) is 3.75. The number of hydrogen-bond donors (Lipinski definition) is 0. The van der Waals surface area contributed by atoms with Crippen molar-refractivity contribution in [2.45, 2.75) is 31.3 Å². The molecule has 1 aromatic rings. The molecule has 0 aliphatic rings. The molecule has 0 spiro atoms.